The van der Waals surface area contributed by atoms with Gasteiger partial charge in [-0.1, -0.05) is 158 Å². The number of hydrogen-bond acceptors (Lipinski definition) is 3. The van der Waals surface area contributed by atoms with E-state index in [1.54, 1.807) is 0 Å². The molecule has 8 aromatic rings. The summed E-state index contributed by atoms with van der Waals surface area (Å²) in [7, 11) is 0. The Bertz CT molecular complexity index is 2480. The second-order valence-corrected chi connectivity index (χ2v) is 11.8. The number of hydrogen-bond donors (Lipinski definition) is 1. The Labute approximate surface area is 267 Å². The van der Waals surface area contributed by atoms with Crippen LogP contribution in [0.5, 0.6) is 0 Å². The van der Waals surface area contributed by atoms with Gasteiger partial charge in [-0.15, -0.1) is 0 Å². The fourth-order valence-corrected chi connectivity index (χ4v) is 6.93. The van der Waals surface area contributed by atoms with Crippen LogP contribution in [0.1, 0.15) is 22.9 Å². The smallest absolute Gasteiger partial charge is 0.159 e. The largest absolute Gasteiger partial charge is 0.344 e. The monoisotopic (exact) mass is 587 g/mol. The van der Waals surface area contributed by atoms with Crippen molar-refractivity contribution in [2.24, 2.45) is 9.98 Å². The van der Waals surface area contributed by atoms with Crippen LogP contribution in [0.15, 0.2) is 174 Å². The van der Waals surface area contributed by atoms with Crippen molar-refractivity contribution in [3.8, 4) is 11.1 Å². The number of aliphatic imine (C=N–C) groups is 2. The maximum Gasteiger partial charge on any atom is 0.159 e. The summed E-state index contributed by atoms with van der Waals surface area (Å²) in [6.45, 7) is 0. The molecule has 0 aromatic heterocycles. The maximum absolute atomic E-state index is 5.01. The van der Waals surface area contributed by atoms with Gasteiger partial charge < -0.3 is 5.32 Å². The molecule has 1 unspecified atom stereocenters. The fraction of sp³-hybridized carbons (Fsp3) is 0.0233. The lowest BCUT2D eigenvalue weighted by molar-refractivity contribution is 0.674. The zero-order valence-corrected chi connectivity index (χ0v) is 25.1. The number of benzene rings is 8. The van der Waals surface area contributed by atoms with E-state index in [9.17, 15) is 0 Å². The summed E-state index contributed by atoms with van der Waals surface area (Å²) in [5.74, 6) is 1.54. The lowest BCUT2D eigenvalue weighted by atomic mass is 9.87. The molecule has 8 aromatic carbocycles. The first-order chi connectivity index (χ1) is 22.8. The lowest BCUT2D eigenvalue weighted by Gasteiger charge is -2.23. The first kappa shape index (κ1) is 26.4. The van der Waals surface area contributed by atoms with E-state index in [2.05, 4.69) is 145 Å². The van der Waals surface area contributed by atoms with Crippen molar-refractivity contribution in [2.75, 3.05) is 0 Å². The minimum atomic E-state index is -0.226. The molecule has 1 atom stereocenters. The van der Waals surface area contributed by atoms with Crippen LogP contribution in [0, 0.1) is 0 Å². The summed E-state index contributed by atoms with van der Waals surface area (Å²) in [5, 5.41) is 13.9. The molecule has 1 aliphatic heterocycles. The molecule has 0 radical (unpaired) electrons. The molecule has 0 saturated carbocycles. The van der Waals surface area contributed by atoms with Gasteiger partial charge in [-0.25, -0.2) is 9.98 Å². The quantitative estimate of drug-likeness (QED) is 0.204. The van der Waals surface area contributed by atoms with Crippen molar-refractivity contribution in [1.29, 1.82) is 0 Å². The van der Waals surface area contributed by atoms with Crippen molar-refractivity contribution in [1.82, 2.24) is 5.32 Å². The summed E-state index contributed by atoms with van der Waals surface area (Å²) in [5.41, 5.74) is 5.52. The molecular formula is C43H29N3. The minimum Gasteiger partial charge on any atom is -0.344 e. The van der Waals surface area contributed by atoms with Crippen LogP contribution in [0.2, 0.25) is 0 Å². The minimum absolute atomic E-state index is 0.226. The highest BCUT2D eigenvalue weighted by Gasteiger charge is 2.21. The van der Waals surface area contributed by atoms with Crippen LogP contribution < -0.4 is 5.32 Å². The summed E-state index contributed by atoms with van der Waals surface area (Å²) >= 11 is 0. The van der Waals surface area contributed by atoms with Crippen LogP contribution in [0.4, 0.5) is 0 Å². The third kappa shape index (κ3) is 4.36. The van der Waals surface area contributed by atoms with Crippen molar-refractivity contribution in [3.63, 3.8) is 0 Å². The van der Waals surface area contributed by atoms with E-state index in [0.717, 1.165) is 28.4 Å². The van der Waals surface area contributed by atoms with Crippen molar-refractivity contribution >= 4 is 54.8 Å². The molecular weight excluding hydrogens is 558 g/mol. The van der Waals surface area contributed by atoms with Gasteiger partial charge in [0.15, 0.2) is 5.84 Å². The average Bonchev–Trinajstić information content (AvgIpc) is 3.15. The predicted molar refractivity (Wildman–Crippen MR) is 194 cm³/mol. The number of nitrogens with one attached hydrogen (secondary N) is 1. The summed E-state index contributed by atoms with van der Waals surface area (Å²) in [4.78, 5) is 10.0. The SMILES string of the molecule is c1ccc(C2=NC(c3ccccc3)NC(c3ccc(-c4cc5c6ccccc6c6ccccc6c5c5ccccc45)cc3)=N2)cc1. The lowest BCUT2D eigenvalue weighted by Crippen LogP contribution is -2.33. The second-order valence-electron chi connectivity index (χ2n) is 11.8. The zero-order valence-electron chi connectivity index (χ0n) is 25.1. The highest BCUT2D eigenvalue weighted by Crippen LogP contribution is 2.42. The maximum atomic E-state index is 5.01. The Morgan fingerprint density at radius 2 is 0.913 bits per heavy atom. The van der Waals surface area contributed by atoms with E-state index in [0.29, 0.717) is 0 Å². The molecule has 1 aliphatic rings. The highest BCUT2D eigenvalue weighted by atomic mass is 15.2. The standard InChI is InChI=1S/C43H29N3/c1-3-13-29(14-4-1)41-44-42(30-15-5-2-6-16-30)46-43(45-41)31-25-23-28(24-26-31)38-27-39-34-19-8-7-17-32(34)33-18-9-11-21-36(33)40(39)37-22-12-10-20-35(37)38/h1-27,41H,(H,44,45,46). The molecule has 3 heteroatoms. The van der Waals surface area contributed by atoms with Gasteiger partial charge in [0, 0.05) is 11.1 Å². The molecule has 0 spiro atoms. The highest BCUT2D eigenvalue weighted by molar-refractivity contribution is 6.33. The van der Waals surface area contributed by atoms with Gasteiger partial charge in [-0.2, -0.15) is 0 Å². The van der Waals surface area contributed by atoms with E-state index in [4.69, 9.17) is 9.98 Å². The normalized spacial score (nSPS) is 14.7. The van der Waals surface area contributed by atoms with Crippen LogP contribution in [0.25, 0.3) is 54.2 Å². The Morgan fingerprint density at radius 3 is 1.59 bits per heavy atom. The van der Waals surface area contributed by atoms with E-state index in [1.807, 2.05) is 24.3 Å². The Hall–Kier alpha value is -6.06. The van der Waals surface area contributed by atoms with Gasteiger partial charge in [0.05, 0.1) is 0 Å². The molecule has 1 N–H and O–H groups in total. The molecule has 9 rings (SSSR count). The molecule has 0 amide bonds. The molecule has 46 heavy (non-hydrogen) atoms. The summed E-state index contributed by atoms with van der Waals surface area (Å²) < 4.78 is 0. The van der Waals surface area contributed by atoms with Gasteiger partial charge >= 0.3 is 0 Å². The van der Waals surface area contributed by atoms with Crippen LogP contribution >= 0.6 is 0 Å². The third-order valence-electron chi connectivity index (χ3n) is 9.11. The predicted octanol–water partition coefficient (Wildman–Crippen LogP) is 10.5. The molecule has 0 saturated heterocycles. The van der Waals surface area contributed by atoms with E-state index < -0.39 is 0 Å². The van der Waals surface area contributed by atoms with Gasteiger partial charge in [-0.05, 0) is 65.8 Å². The molecule has 216 valence electrons. The number of nitrogens with zero attached hydrogens (tertiary/aromatic N) is 2. The van der Waals surface area contributed by atoms with E-state index in [-0.39, 0.29) is 6.17 Å². The number of amidine groups is 2. The van der Waals surface area contributed by atoms with Crippen LogP contribution in [-0.4, -0.2) is 11.7 Å². The summed E-state index contributed by atoms with van der Waals surface area (Å²) in [6.07, 6.45) is -0.226. The molecule has 1 heterocycles. The number of fused-ring (bicyclic) bond motifs is 8. The molecule has 0 aliphatic carbocycles. The number of rotatable bonds is 4. The second kappa shape index (κ2) is 10.8. The van der Waals surface area contributed by atoms with Crippen molar-refractivity contribution < 1.29 is 0 Å². The van der Waals surface area contributed by atoms with Crippen molar-refractivity contribution in [2.45, 2.75) is 6.17 Å². The molecule has 0 fully saturated rings. The first-order valence-electron chi connectivity index (χ1n) is 15.7. The van der Waals surface area contributed by atoms with Gasteiger partial charge in [-0.3, -0.25) is 0 Å². The van der Waals surface area contributed by atoms with E-state index in [1.165, 1.54) is 54.2 Å². The third-order valence-corrected chi connectivity index (χ3v) is 9.11. The van der Waals surface area contributed by atoms with Gasteiger partial charge in [0.25, 0.3) is 0 Å². The van der Waals surface area contributed by atoms with E-state index >= 15 is 0 Å². The van der Waals surface area contributed by atoms with Crippen LogP contribution in [-0.2, 0) is 0 Å². The first-order valence-corrected chi connectivity index (χ1v) is 15.7. The van der Waals surface area contributed by atoms with Gasteiger partial charge in [0.1, 0.15) is 12.0 Å². The fourth-order valence-electron chi connectivity index (χ4n) is 6.93. The topological polar surface area (TPSA) is 36.8 Å². The molecule has 0 bridgehead atoms. The molecule has 3 nitrogen and oxygen atoms in total. The Kier molecular flexibility index (Phi) is 6.20. The zero-order chi connectivity index (χ0) is 30.5. The van der Waals surface area contributed by atoms with Crippen LogP contribution in [0.3, 0.4) is 0 Å². The van der Waals surface area contributed by atoms with Gasteiger partial charge in [0.2, 0.25) is 0 Å². The summed E-state index contributed by atoms with van der Waals surface area (Å²) in [6, 6.07) is 58.1. The van der Waals surface area contributed by atoms with Crippen molar-refractivity contribution in [3.05, 3.63) is 180 Å². The Morgan fingerprint density at radius 1 is 0.413 bits per heavy atom. The Balaban J connectivity index is 1.19. The average molecular weight is 588 g/mol.